The molecule has 2 N–H and O–H groups in total. The summed E-state index contributed by atoms with van der Waals surface area (Å²) in [5, 5.41) is 12.9. The molecule has 2 atom stereocenters. The number of nitrogens with one attached hydrogen (secondary N) is 1. The van der Waals surface area contributed by atoms with Crippen LogP contribution in [0.15, 0.2) is 59.5 Å². The summed E-state index contributed by atoms with van der Waals surface area (Å²) >= 11 is 1.75. The molecule has 0 spiro atoms. The van der Waals surface area contributed by atoms with E-state index in [4.69, 9.17) is 0 Å². The van der Waals surface area contributed by atoms with Crippen LogP contribution in [0.3, 0.4) is 0 Å². The number of aliphatic hydroxyl groups is 1. The van der Waals surface area contributed by atoms with Gasteiger partial charge in [0.2, 0.25) is 0 Å². The monoisotopic (exact) mass is 301 g/mol. The normalized spacial score (nSPS) is 13.9. The predicted molar refractivity (Wildman–Crippen MR) is 90.7 cm³/mol. The SMILES string of the molecule is CSc1ccc(C(C)N[C@H](CCO)c2ccccc2)cc1. The number of aliphatic hydroxyl groups excluding tert-OH is 1. The number of benzene rings is 2. The largest absolute Gasteiger partial charge is 0.396 e. The molecule has 2 rings (SSSR count). The topological polar surface area (TPSA) is 32.3 Å². The van der Waals surface area contributed by atoms with Crippen LogP contribution in [0.1, 0.15) is 36.6 Å². The quantitative estimate of drug-likeness (QED) is 0.752. The van der Waals surface area contributed by atoms with Gasteiger partial charge in [-0.25, -0.2) is 0 Å². The van der Waals surface area contributed by atoms with Crippen molar-refractivity contribution in [3.8, 4) is 0 Å². The number of hydrogen-bond acceptors (Lipinski definition) is 3. The Morgan fingerprint density at radius 3 is 2.24 bits per heavy atom. The molecule has 0 aromatic heterocycles. The van der Waals surface area contributed by atoms with Gasteiger partial charge in [0.25, 0.3) is 0 Å². The maximum absolute atomic E-state index is 9.31. The van der Waals surface area contributed by atoms with Crippen molar-refractivity contribution in [1.29, 1.82) is 0 Å². The van der Waals surface area contributed by atoms with E-state index >= 15 is 0 Å². The van der Waals surface area contributed by atoms with E-state index < -0.39 is 0 Å². The standard InChI is InChI=1S/C18H23NOS/c1-14(15-8-10-17(21-2)11-9-15)19-18(12-13-20)16-6-4-3-5-7-16/h3-11,14,18-20H,12-13H2,1-2H3/t14?,18-/m1/s1. The van der Waals surface area contributed by atoms with Crippen LogP contribution in [-0.4, -0.2) is 18.0 Å². The molecule has 0 aliphatic carbocycles. The molecule has 0 aliphatic heterocycles. The second kappa shape index (κ2) is 8.23. The van der Waals surface area contributed by atoms with Gasteiger partial charge in [-0.1, -0.05) is 42.5 Å². The Bertz CT molecular complexity index is 527. The summed E-state index contributed by atoms with van der Waals surface area (Å²) in [6.45, 7) is 2.35. The zero-order chi connectivity index (χ0) is 15.1. The Hall–Kier alpha value is -1.29. The Balaban J connectivity index is 2.08. The van der Waals surface area contributed by atoms with Crippen LogP contribution >= 0.6 is 11.8 Å². The fourth-order valence-electron chi connectivity index (χ4n) is 2.45. The van der Waals surface area contributed by atoms with Gasteiger partial charge in [-0.15, -0.1) is 11.8 Å². The van der Waals surface area contributed by atoms with E-state index in [1.165, 1.54) is 16.0 Å². The first-order chi connectivity index (χ1) is 10.2. The molecule has 0 radical (unpaired) electrons. The van der Waals surface area contributed by atoms with Crippen molar-refractivity contribution < 1.29 is 5.11 Å². The van der Waals surface area contributed by atoms with Crippen molar-refractivity contribution in [2.24, 2.45) is 0 Å². The van der Waals surface area contributed by atoms with E-state index in [9.17, 15) is 5.11 Å². The van der Waals surface area contributed by atoms with Gasteiger partial charge in [0, 0.05) is 23.6 Å². The van der Waals surface area contributed by atoms with Crippen molar-refractivity contribution in [1.82, 2.24) is 5.32 Å². The Morgan fingerprint density at radius 1 is 1.00 bits per heavy atom. The van der Waals surface area contributed by atoms with Crippen LogP contribution in [0.25, 0.3) is 0 Å². The van der Waals surface area contributed by atoms with E-state index in [-0.39, 0.29) is 18.7 Å². The van der Waals surface area contributed by atoms with Crippen molar-refractivity contribution in [2.45, 2.75) is 30.3 Å². The van der Waals surface area contributed by atoms with Gasteiger partial charge in [-0.2, -0.15) is 0 Å². The lowest BCUT2D eigenvalue weighted by molar-refractivity contribution is 0.260. The second-order valence-corrected chi connectivity index (χ2v) is 6.02. The summed E-state index contributed by atoms with van der Waals surface area (Å²) in [6.07, 6.45) is 2.81. The first-order valence-corrected chi connectivity index (χ1v) is 8.53. The predicted octanol–water partition coefficient (Wildman–Crippen LogP) is 4.18. The molecule has 0 heterocycles. The highest BCUT2D eigenvalue weighted by molar-refractivity contribution is 7.98. The maximum atomic E-state index is 9.31. The Kier molecular flexibility index (Phi) is 6.30. The lowest BCUT2D eigenvalue weighted by Gasteiger charge is -2.24. The molecule has 0 amide bonds. The zero-order valence-corrected chi connectivity index (χ0v) is 13.4. The maximum Gasteiger partial charge on any atom is 0.0449 e. The number of hydrogen-bond donors (Lipinski definition) is 2. The minimum atomic E-state index is 0.173. The first-order valence-electron chi connectivity index (χ1n) is 7.30. The molecular weight excluding hydrogens is 278 g/mol. The van der Waals surface area contributed by atoms with E-state index in [0.717, 1.165) is 6.42 Å². The average Bonchev–Trinajstić information content (AvgIpc) is 2.55. The molecule has 0 aliphatic rings. The molecular formula is C18H23NOS. The van der Waals surface area contributed by atoms with Gasteiger partial charge in [0.05, 0.1) is 0 Å². The van der Waals surface area contributed by atoms with Crippen LogP contribution < -0.4 is 5.32 Å². The van der Waals surface area contributed by atoms with E-state index in [1.54, 1.807) is 11.8 Å². The fourth-order valence-corrected chi connectivity index (χ4v) is 2.86. The summed E-state index contributed by atoms with van der Waals surface area (Å²) in [4.78, 5) is 1.28. The summed E-state index contributed by atoms with van der Waals surface area (Å²) in [7, 11) is 0. The van der Waals surface area contributed by atoms with Crippen molar-refractivity contribution >= 4 is 11.8 Å². The van der Waals surface area contributed by atoms with Gasteiger partial charge < -0.3 is 10.4 Å². The van der Waals surface area contributed by atoms with E-state index in [2.05, 4.69) is 54.9 Å². The highest BCUT2D eigenvalue weighted by Gasteiger charge is 2.14. The number of rotatable bonds is 7. The molecule has 2 aromatic rings. The van der Waals surface area contributed by atoms with E-state index in [0.29, 0.717) is 0 Å². The van der Waals surface area contributed by atoms with Crippen LogP contribution in [-0.2, 0) is 0 Å². The second-order valence-electron chi connectivity index (χ2n) is 5.14. The molecule has 0 fully saturated rings. The molecule has 0 saturated carbocycles. The van der Waals surface area contributed by atoms with Gasteiger partial charge in [-0.05, 0) is 42.9 Å². The van der Waals surface area contributed by atoms with Gasteiger partial charge in [0.1, 0.15) is 0 Å². The van der Waals surface area contributed by atoms with E-state index in [1.807, 2.05) is 18.2 Å². The minimum absolute atomic E-state index is 0.173. The Labute approximate surface area is 131 Å². The molecule has 21 heavy (non-hydrogen) atoms. The van der Waals surface area contributed by atoms with Crippen LogP contribution in [0.5, 0.6) is 0 Å². The lowest BCUT2D eigenvalue weighted by atomic mass is 10.0. The molecule has 3 heteroatoms. The van der Waals surface area contributed by atoms with Gasteiger partial charge >= 0.3 is 0 Å². The van der Waals surface area contributed by atoms with Crippen LogP contribution in [0.2, 0.25) is 0 Å². The molecule has 2 aromatic carbocycles. The summed E-state index contributed by atoms with van der Waals surface area (Å²) < 4.78 is 0. The third-order valence-electron chi connectivity index (χ3n) is 3.69. The number of thioether (sulfide) groups is 1. The van der Waals surface area contributed by atoms with Crippen LogP contribution in [0, 0.1) is 0 Å². The summed E-state index contributed by atoms with van der Waals surface area (Å²) in [5.74, 6) is 0. The third kappa shape index (κ3) is 4.60. The first kappa shape index (κ1) is 16.1. The highest BCUT2D eigenvalue weighted by atomic mass is 32.2. The van der Waals surface area contributed by atoms with Crippen molar-refractivity contribution in [3.63, 3.8) is 0 Å². The molecule has 112 valence electrons. The Morgan fingerprint density at radius 2 is 1.67 bits per heavy atom. The van der Waals surface area contributed by atoms with Gasteiger partial charge in [-0.3, -0.25) is 0 Å². The average molecular weight is 301 g/mol. The van der Waals surface area contributed by atoms with Crippen molar-refractivity contribution in [2.75, 3.05) is 12.9 Å². The molecule has 1 unspecified atom stereocenters. The third-order valence-corrected chi connectivity index (χ3v) is 4.43. The minimum Gasteiger partial charge on any atom is -0.396 e. The smallest absolute Gasteiger partial charge is 0.0449 e. The summed E-state index contributed by atoms with van der Waals surface area (Å²) in [5.41, 5.74) is 2.49. The molecule has 0 bridgehead atoms. The van der Waals surface area contributed by atoms with Gasteiger partial charge in [0.15, 0.2) is 0 Å². The highest BCUT2D eigenvalue weighted by Crippen LogP contribution is 2.23. The fraction of sp³-hybridized carbons (Fsp3) is 0.333. The zero-order valence-electron chi connectivity index (χ0n) is 12.6. The molecule has 2 nitrogen and oxygen atoms in total. The lowest BCUT2D eigenvalue weighted by Crippen LogP contribution is -2.25. The molecule has 0 saturated heterocycles. The summed E-state index contributed by atoms with van der Waals surface area (Å²) in [6, 6.07) is 19.4. The van der Waals surface area contributed by atoms with Crippen LogP contribution in [0.4, 0.5) is 0 Å². The van der Waals surface area contributed by atoms with Crippen molar-refractivity contribution in [3.05, 3.63) is 65.7 Å².